The number of hydrogen-bond acceptors (Lipinski definition) is 2. The Hall–Kier alpha value is -0.860. The maximum absolute atomic E-state index is 10.3. The van der Waals surface area contributed by atoms with Crippen molar-refractivity contribution in [1.82, 2.24) is 5.32 Å². The van der Waals surface area contributed by atoms with Gasteiger partial charge in [0.2, 0.25) is 0 Å². The molecule has 0 bridgehead atoms. The Bertz CT molecular complexity index is 384. The fourth-order valence-corrected chi connectivity index (χ4v) is 3.36. The van der Waals surface area contributed by atoms with Gasteiger partial charge in [0.05, 0.1) is 6.10 Å². The second kappa shape index (κ2) is 4.79. The van der Waals surface area contributed by atoms with Crippen molar-refractivity contribution in [2.24, 2.45) is 5.92 Å². The van der Waals surface area contributed by atoms with Crippen LogP contribution in [0.4, 0.5) is 0 Å². The molecule has 2 nitrogen and oxygen atoms in total. The van der Waals surface area contributed by atoms with Crippen molar-refractivity contribution in [2.75, 3.05) is 6.54 Å². The van der Waals surface area contributed by atoms with Gasteiger partial charge < -0.3 is 10.4 Å². The lowest BCUT2D eigenvalue weighted by Crippen LogP contribution is -2.36. The van der Waals surface area contributed by atoms with E-state index in [-0.39, 0.29) is 6.10 Å². The third kappa shape index (κ3) is 2.24. The lowest BCUT2D eigenvalue weighted by atomic mass is 9.91. The third-order valence-electron chi connectivity index (χ3n) is 4.30. The molecule has 3 atom stereocenters. The number of aliphatic hydroxyl groups excluding tert-OH is 1. The van der Waals surface area contributed by atoms with Crippen molar-refractivity contribution in [3.05, 3.63) is 35.4 Å². The zero-order valence-electron chi connectivity index (χ0n) is 10.2. The molecule has 0 amide bonds. The Morgan fingerprint density at radius 2 is 2.12 bits per heavy atom. The highest BCUT2D eigenvalue weighted by Gasteiger charge is 2.32. The first-order chi connectivity index (χ1) is 8.34. The summed E-state index contributed by atoms with van der Waals surface area (Å²) >= 11 is 0. The van der Waals surface area contributed by atoms with Crippen molar-refractivity contribution in [1.29, 1.82) is 0 Å². The zero-order chi connectivity index (χ0) is 11.7. The Morgan fingerprint density at radius 1 is 1.24 bits per heavy atom. The van der Waals surface area contributed by atoms with Crippen molar-refractivity contribution >= 4 is 0 Å². The van der Waals surface area contributed by atoms with Crippen molar-refractivity contribution < 1.29 is 5.11 Å². The van der Waals surface area contributed by atoms with Crippen LogP contribution in [0.1, 0.15) is 42.9 Å². The van der Waals surface area contributed by atoms with Crippen LogP contribution in [0.15, 0.2) is 24.3 Å². The molecule has 1 aliphatic heterocycles. The monoisotopic (exact) mass is 231 g/mol. The van der Waals surface area contributed by atoms with Crippen LogP contribution in [0, 0.1) is 5.92 Å². The number of benzene rings is 1. The normalized spacial score (nSPS) is 32.4. The molecule has 1 aliphatic carbocycles. The summed E-state index contributed by atoms with van der Waals surface area (Å²) in [6.45, 7) is 1.15. The van der Waals surface area contributed by atoms with E-state index < -0.39 is 0 Å². The van der Waals surface area contributed by atoms with Gasteiger partial charge in [-0.3, -0.25) is 0 Å². The van der Waals surface area contributed by atoms with E-state index in [1.54, 1.807) is 0 Å². The molecular weight excluding hydrogens is 210 g/mol. The lowest BCUT2D eigenvalue weighted by molar-refractivity contribution is 0.108. The van der Waals surface area contributed by atoms with Gasteiger partial charge >= 0.3 is 0 Å². The van der Waals surface area contributed by atoms with Crippen LogP contribution in [-0.4, -0.2) is 17.7 Å². The number of hydrogen-bond donors (Lipinski definition) is 2. The van der Waals surface area contributed by atoms with Crippen molar-refractivity contribution in [2.45, 2.75) is 44.2 Å². The van der Waals surface area contributed by atoms with Crippen molar-refractivity contribution in [3.8, 4) is 0 Å². The summed E-state index contributed by atoms with van der Waals surface area (Å²) in [5, 5.41) is 13.9. The molecule has 92 valence electrons. The van der Waals surface area contributed by atoms with Crippen LogP contribution in [0.25, 0.3) is 0 Å². The molecule has 1 aromatic rings. The summed E-state index contributed by atoms with van der Waals surface area (Å²) < 4.78 is 0. The number of aliphatic hydroxyl groups is 1. The van der Waals surface area contributed by atoms with Crippen molar-refractivity contribution in [3.63, 3.8) is 0 Å². The second-order valence-corrected chi connectivity index (χ2v) is 5.49. The molecule has 0 saturated carbocycles. The minimum absolute atomic E-state index is 0.241. The first-order valence-corrected chi connectivity index (χ1v) is 6.84. The molecule has 1 aromatic carbocycles. The average Bonchev–Trinajstić information content (AvgIpc) is 2.68. The third-order valence-corrected chi connectivity index (χ3v) is 4.30. The molecule has 0 unspecified atom stereocenters. The van der Waals surface area contributed by atoms with E-state index in [1.165, 1.54) is 24.8 Å². The van der Waals surface area contributed by atoms with E-state index in [2.05, 4.69) is 23.5 Å². The van der Waals surface area contributed by atoms with Crippen LogP contribution in [-0.2, 0) is 6.42 Å². The highest BCUT2D eigenvalue weighted by Crippen LogP contribution is 2.38. The summed E-state index contributed by atoms with van der Waals surface area (Å²) in [7, 11) is 0. The maximum atomic E-state index is 10.3. The minimum Gasteiger partial charge on any atom is -0.388 e. The molecule has 2 heteroatoms. The Labute approximate surface area is 103 Å². The minimum atomic E-state index is -0.241. The predicted molar refractivity (Wildman–Crippen MR) is 68.9 cm³/mol. The van der Waals surface area contributed by atoms with Crippen LogP contribution < -0.4 is 5.32 Å². The van der Waals surface area contributed by atoms with Gasteiger partial charge in [0.25, 0.3) is 0 Å². The summed E-state index contributed by atoms with van der Waals surface area (Å²) in [4.78, 5) is 0. The molecule has 0 aromatic heterocycles. The van der Waals surface area contributed by atoms with Gasteiger partial charge in [-0.25, -0.2) is 0 Å². The quantitative estimate of drug-likeness (QED) is 0.819. The Balaban J connectivity index is 1.67. The predicted octanol–water partition coefficient (Wildman–Crippen LogP) is 2.42. The number of fused-ring (bicyclic) bond motifs is 1. The number of piperidine rings is 1. The fraction of sp³-hybridized carbons (Fsp3) is 0.600. The number of nitrogens with one attached hydrogen (secondary N) is 1. The molecule has 1 saturated heterocycles. The van der Waals surface area contributed by atoms with Gasteiger partial charge in [0.1, 0.15) is 0 Å². The van der Waals surface area contributed by atoms with Crippen LogP contribution in [0.2, 0.25) is 0 Å². The molecule has 3 rings (SSSR count). The van der Waals surface area contributed by atoms with Gasteiger partial charge in [-0.2, -0.15) is 0 Å². The lowest BCUT2D eigenvalue weighted by Gasteiger charge is -2.27. The van der Waals surface area contributed by atoms with Gasteiger partial charge in [-0.1, -0.05) is 30.7 Å². The summed E-state index contributed by atoms with van der Waals surface area (Å²) in [6.07, 6.45) is 5.86. The largest absolute Gasteiger partial charge is 0.388 e. The van der Waals surface area contributed by atoms with E-state index in [1.807, 2.05) is 6.07 Å². The molecule has 1 heterocycles. The molecule has 0 spiro atoms. The highest BCUT2D eigenvalue weighted by molar-refractivity contribution is 5.34. The first-order valence-electron chi connectivity index (χ1n) is 6.84. The van der Waals surface area contributed by atoms with E-state index in [4.69, 9.17) is 0 Å². The molecular formula is C15H21NO. The molecule has 2 aliphatic rings. The molecule has 1 fully saturated rings. The molecule has 0 radical (unpaired) electrons. The zero-order valence-corrected chi connectivity index (χ0v) is 10.2. The van der Waals surface area contributed by atoms with E-state index >= 15 is 0 Å². The topological polar surface area (TPSA) is 32.3 Å². The number of rotatable bonds is 2. The second-order valence-electron chi connectivity index (χ2n) is 5.49. The first kappa shape index (κ1) is 11.2. The smallest absolute Gasteiger partial charge is 0.0824 e. The van der Waals surface area contributed by atoms with E-state index in [0.29, 0.717) is 12.0 Å². The fourth-order valence-electron chi connectivity index (χ4n) is 3.36. The van der Waals surface area contributed by atoms with Gasteiger partial charge in [0.15, 0.2) is 0 Å². The Morgan fingerprint density at radius 3 is 2.88 bits per heavy atom. The van der Waals surface area contributed by atoms with E-state index in [0.717, 1.165) is 24.9 Å². The average molecular weight is 231 g/mol. The molecule has 2 N–H and O–H groups in total. The Kier molecular flexibility index (Phi) is 3.17. The van der Waals surface area contributed by atoms with Crippen LogP contribution in [0.5, 0.6) is 0 Å². The summed E-state index contributed by atoms with van der Waals surface area (Å²) in [5.41, 5.74) is 2.51. The highest BCUT2D eigenvalue weighted by atomic mass is 16.3. The standard InChI is InChI=1S/C15H21NO/c17-15-12(10-13-6-3-4-8-16-13)9-11-5-1-2-7-14(11)15/h1-2,5,7,12-13,15-17H,3-4,6,8-10H2/t12-,13+,15+/m1/s1. The van der Waals surface area contributed by atoms with Crippen LogP contribution >= 0.6 is 0 Å². The van der Waals surface area contributed by atoms with Gasteiger partial charge in [-0.15, -0.1) is 0 Å². The van der Waals surface area contributed by atoms with Gasteiger partial charge in [-0.05, 0) is 49.3 Å². The summed E-state index contributed by atoms with van der Waals surface area (Å²) in [6, 6.07) is 8.97. The van der Waals surface area contributed by atoms with Gasteiger partial charge in [0, 0.05) is 6.04 Å². The molecule has 17 heavy (non-hydrogen) atoms. The van der Waals surface area contributed by atoms with E-state index in [9.17, 15) is 5.11 Å². The van der Waals surface area contributed by atoms with Crippen LogP contribution in [0.3, 0.4) is 0 Å². The maximum Gasteiger partial charge on any atom is 0.0824 e. The SMILES string of the molecule is O[C@@H]1c2ccccc2C[C@@H]1C[C@@H]1CCCCN1. The summed E-state index contributed by atoms with van der Waals surface area (Å²) in [5.74, 6) is 0.419.